The molecule has 1 aliphatic rings. The molecule has 0 aliphatic carbocycles. The Morgan fingerprint density at radius 3 is 2.57 bits per heavy atom. The SMILES string of the molecule is CC1=CC(=O)N=C(CC(=O)CCCOC(=O)C(C)(C)C)C1. The smallest absolute Gasteiger partial charge is 0.311 e. The molecule has 0 spiro atoms. The van der Waals surface area contributed by atoms with Crippen molar-refractivity contribution in [1.82, 2.24) is 0 Å². The Morgan fingerprint density at radius 2 is 2.00 bits per heavy atom. The van der Waals surface area contributed by atoms with Gasteiger partial charge in [-0.1, -0.05) is 5.57 Å². The second kappa shape index (κ2) is 7.29. The second-order valence-corrected chi connectivity index (χ2v) is 6.39. The number of carbonyl (C=O) groups is 3. The maximum absolute atomic E-state index is 11.8. The van der Waals surface area contributed by atoms with E-state index in [-0.39, 0.29) is 30.7 Å². The molecule has 0 saturated carbocycles. The fourth-order valence-corrected chi connectivity index (χ4v) is 1.88. The molecule has 0 bridgehead atoms. The first-order chi connectivity index (χ1) is 9.68. The normalized spacial score (nSPS) is 15.3. The largest absolute Gasteiger partial charge is 0.465 e. The van der Waals surface area contributed by atoms with Crippen LogP contribution in [0.1, 0.15) is 53.4 Å². The summed E-state index contributed by atoms with van der Waals surface area (Å²) in [6.45, 7) is 7.45. The molecule has 5 nitrogen and oxygen atoms in total. The molecule has 0 aromatic rings. The van der Waals surface area contributed by atoms with Crippen molar-refractivity contribution in [2.75, 3.05) is 6.61 Å². The van der Waals surface area contributed by atoms with E-state index < -0.39 is 5.41 Å². The zero-order valence-electron chi connectivity index (χ0n) is 13.2. The van der Waals surface area contributed by atoms with E-state index in [2.05, 4.69) is 4.99 Å². The van der Waals surface area contributed by atoms with Gasteiger partial charge in [0.2, 0.25) is 0 Å². The van der Waals surface area contributed by atoms with Crippen LogP contribution in [0.25, 0.3) is 0 Å². The molecule has 0 unspecified atom stereocenters. The number of allylic oxidation sites excluding steroid dienone is 1. The third-order valence-electron chi connectivity index (χ3n) is 2.97. The van der Waals surface area contributed by atoms with Gasteiger partial charge in [-0.2, -0.15) is 0 Å². The molecule has 0 saturated heterocycles. The van der Waals surface area contributed by atoms with E-state index in [1.807, 2.05) is 6.92 Å². The van der Waals surface area contributed by atoms with Gasteiger partial charge in [-0.25, -0.2) is 4.99 Å². The molecule has 0 radical (unpaired) electrons. The first kappa shape index (κ1) is 17.3. The maximum Gasteiger partial charge on any atom is 0.311 e. The lowest BCUT2D eigenvalue weighted by Gasteiger charge is -2.16. The van der Waals surface area contributed by atoms with Crippen molar-refractivity contribution in [3.05, 3.63) is 11.6 Å². The lowest BCUT2D eigenvalue weighted by Crippen LogP contribution is -2.23. The molecule has 0 fully saturated rings. The number of amides is 1. The molecule has 5 heteroatoms. The van der Waals surface area contributed by atoms with Gasteiger partial charge in [0, 0.05) is 31.1 Å². The van der Waals surface area contributed by atoms with Gasteiger partial charge in [0.05, 0.1) is 12.0 Å². The number of aliphatic imine (C=N–C) groups is 1. The average Bonchev–Trinajstić information content (AvgIpc) is 2.31. The highest BCUT2D eigenvalue weighted by atomic mass is 16.5. The van der Waals surface area contributed by atoms with Crippen LogP contribution in [0.15, 0.2) is 16.6 Å². The number of Topliss-reactive ketones (excluding diaryl/α,β-unsaturated/α-hetero) is 1. The maximum atomic E-state index is 11.8. The summed E-state index contributed by atoms with van der Waals surface area (Å²) < 4.78 is 5.10. The number of hydrogen-bond acceptors (Lipinski definition) is 4. The molecule has 0 aromatic heterocycles. The van der Waals surface area contributed by atoms with Crippen LogP contribution in [0.2, 0.25) is 0 Å². The molecule has 1 heterocycles. The zero-order valence-corrected chi connectivity index (χ0v) is 13.2. The Bertz CT molecular complexity index is 495. The Labute approximate surface area is 125 Å². The predicted octanol–water partition coefficient (Wildman–Crippen LogP) is 2.63. The van der Waals surface area contributed by atoms with E-state index >= 15 is 0 Å². The Kier molecular flexibility index (Phi) is 6.00. The molecule has 21 heavy (non-hydrogen) atoms. The van der Waals surface area contributed by atoms with E-state index in [1.165, 1.54) is 6.08 Å². The summed E-state index contributed by atoms with van der Waals surface area (Å²) in [6, 6.07) is 0. The molecular weight excluding hydrogens is 270 g/mol. The zero-order chi connectivity index (χ0) is 16.0. The second-order valence-electron chi connectivity index (χ2n) is 6.39. The van der Waals surface area contributed by atoms with E-state index in [0.717, 1.165) is 5.57 Å². The summed E-state index contributed by atoms with van der Waals surface area (Å²) in [5, 5.41) is 0. The van der Waals surface area contributed by atoms with Gasteiger partial charge in [0.1, 0.15) is 5.78 Å². The van der Waals surface area contributed by atoms with Gasteiger partial charge < -0.3 is 4.74 Å². The fourth-order valence-electron chi connectivity index (χ4n) is 1.88. The van der Waals surface area contributed by atoms with Crippen LogP contribution in [0.4, 0.5) is 0 Å². The molecular formula is C16H23NO4. The van der Waals surface area contributed by atoms with Crippen molar-refractivity contribution in [3.63, 3.8) is 0 Å². The van der Waals surface area contributed by atoms with E-state index in [4.69, 9.17) is 4.74 Å². The topological polar surface area (TPSA) is 72.8 Å². The van der Waals surface area contributed by atoms with E-state index in [9.17, 15) is 14.4 Å². The van der Waals surface area contributed by atoms with Crippen LogP contribution in [-0.2, 0) is 19.1 Å². The highest BCUT2D eigenvalue weighted by molar-refractivity contribution is 6.10. The predicted molar refractivity (Wildman–Crippen MR) is 80.1 cm³/mol. The quantitative estimate of drug-likeness (QED) is 0.557. The molecule has 1 aliphatic heterocycles. The molecule has 116 valence electrons. The lowest BCUT2D eigenvalue weighted by atomic mass is 9.97. The summed E-state index contributed by atoms with van der Waals surface area (Å²) >= 11 is 0. The molecule has 0 N–H and O–H groups in total. The number of ketones is 1. The highest BCUT2D eigenvalue weighted by Crippen LogP contribution is 2.16. The average molecular weight is 293 g/mol. The number of hydrogen-bond donors (Lipinski definition) is 0. The number of ether oxygens (including phenoxy) is 1. The van der Waals surface area contributed by atoms with Crippen LogP contribution in [-0.4, -0.2) is 30.0 Å². The number of rotatable bonds is 6. The monoisotopic (exact) mass is 293 g/mol. The van der Waals surface area contributed by atoms with Crippen molar-refractivity contribution in [2.24, 2.45) is 10.4 Å². The summed E-state index contributed by atoms with van der Waals surface area (Å²) in [6.07, 6.45) is 3.09. The minimum atomic E-state index is -0.523. The van der Waals surface area contributed by atoms with Crippen LogP contribution in [0.3, 0.4) is 0 Å². The molecule has 1 rings (SSSR count). The summed E-state index contributed by atoms with van der Waals surface area (Å²) in [7, 11) is 0. The van der Waals surface area contributed by atoms with Crippen molar-refractivity contribution in [3.8, 4) is 0 Å². The van der Waals surface area contributed by atoms with Gasteiger partial charge in [-0.3, -0.25) is 14.4 Å². The van der Waals surface area contributed by atoms with Gasteiger partial charge in [-0.15, -0.1) is 0 Å². The van der Waals surface area contributed by atoms with Crippen LogP contribution < -0.4 is 0 Å². The molecule has 1 amide bonds. The third kappa shape index (κ3) is 6.47. The molecule has 0 atom stereocenters. The van der Waals surface area contributed by atoms with Crippen LogP contribution in [0.5, 0.6) is 0 Å². The van der Waals surface area contributed by atoms with Crippen LogP contribution >= 0.6 is 0 Å². The standard InChI is InChI=1S/C16H23NO4/c1-11-8-12(17-14(19)9-11)10-13(18)6-5-7-21-15(20)16(2,3)4/h9H,5-8,10H2,1-4H3. The first-order valence-electron chi connectivity index (χ1n) is 7.15. The fraction of sp³-hybridized carbons (Fsp3) is 0.625. The Hall–Kier alpha value is -1.78. The number of esters is 1. The van der Waals surface area contributed by atoms with Crippen molar-refractivity contribution in [1.29, 1.82) is 0 Å². The Morgan fingerprint density at radius 1 is 1.33 bits per heavy atom. The van der Waals surface area contributed by atoms with Crippen LogP contribution in [0, 0.1) is 5.41 Å². The number of nitrogens with zero attached hydrogens (tertiary/aromatic N) is 1. The van der Waals surface area contributed by atoms with Gasteiger partial charge >= 0.3 is 5.97 Å². The third-order valence-corrected chi connectivity index (χ3v) is 2.97. The Balaban J connectivity index is 2.27. The van der Waals surface area contributed by atoms with Gasteiger partial charge in [0.25, 0.3) is 5.91 Å². The summed E-state index contributed by atoms with van der Waals surface area (Å²) in [5.41, 5.74) is 1.03. The van der Waals surface area contributed by atoms with Crippen molar-refractivity contribution < 1.29 is 19.1 Å². The van der Waals surface area contributed by atoms with Gasteiger partial charge in [-0.05, 0) is 34.1 Å². The molecule has 0 aromatic carbocycles. The summed E-state index contributed by atoms with van der Waals surface area (Å²) in [5.74, 6) is -0.540. The number of carbonyl (C=O) groups excluding carboxylic acids is 3. The number of dihydropyridines is 1. The first-order valence-corrected chi connectivity index (χ1v) is 7.15. The highest BCUT2D eigenvalue weighted by Gasteiger charge is 2.22. The van der Waals surface area contributed by atoms with Gasteiger partial charge in [0.15, 0.2) is 0 Å². The van der Waals surface area contributed by atoms with Crippen molar-refractivity contribution >= 4 is 23.4 Å². The minimum absolute atomic E-state index is 0.0167. The summed E-state index contributed by atoms with van der Waals surface area (Å²) in [4.78, 5) is 38.5. The minimum Gasteiger partial charge on any atom is -0.465 e. The van der Waals surface area contributed by atoms with Crippen molar-refractivity contribution in [2.45, 2.75) is 53.4 Å². The lowest BCUT2D eigenvalue weighted by molar-refractivity contribution is -0.153. The van der Waals surface area contributed by atoms with E-state index in [1.54, 1.807) is 20.8 Å². The van der Waals surface area contributed by atoms with E-state index in [0.29, 0.717) is 25.0 Å².